The van der Waals surface area contributed by atoms with Gasteiger partial charge in [0.15, 0.2) is 0 Å². The third-order valence-corrected chi connectivity index (χ3v) is 3.91. The van der Waals surface area contributed by atoms with Gasteiger partial charge < -0.3 is 10.2 Å². The molecule has 0 spiro atoms. The smallest absolute Gasteiger partial charge is 0.354 e. The minimum atomic E-state index is -1.05. The number of hydrogen-bond acceptors (Lipinski definition) is 4. The standard InChI is InChI=1S/C14H15N3O3/c18-9-14(5-2-6-14)17-8-10(7-15-17)11-3-1-4-12(16-11)13(19)20/h1,3-4,7-8,18H,2,5-6,9H2,(H,19,20). The van der Waals surface area contributed by atoms with E-state index in [0.717, 1.165) is 24.8 Å². The lowest BCUT2D eigenvalue weighted by Crippen LogP contribution is -2.44. The summed E-state index contributed by atoms with van der Waals surface area (Å²) in [4.78, 5) is 15.0. The van der Waals surface area contributed by atoms with Crippen molar-refractivity contribution in [2.24, 2.45) is 0 Å². The van der Waals surface area contributed by atoms with Crippen molar-refractivity contribution < 1.29 is 15.0 Å². The van der Waals surface area contributed by atoms with Gasteiger partial charge in [0.2, 0.25) is 0 Å². The Morgan fingerprint density at radius 3 is 2.80 bits per heavy atom. The van der Waals surface area contributed by atoms with Gasteiger partial charge in [0.1, 0.15) is 5.69 Å². The van der Waals surface area contributed by atoms with Crippen LogP contribution in [-0.4, -0.2) is 37.6 Å². The second kappa shape index (κ2) is 4.72. The van der Waals surface area contributed by atoms with Crippen LogP contribution in [0.1, 0.15) is 29.8 Å². The zero-order chi connectivity index (χ0) is 14.2. The average molecular weight is 273 g/mol. The second-order valence-electron chi connectivity index (χ2n) is 5.12. The van der Waals surface area contributed by atoms with Crippen molar-refractivity contribution >= 4 is 5.97 Å². The van der Waals surface area contributed by atoms with Crippen molar-refractivity contribution in [2.45, 2.75) is 24.8 Å². The highest BCUT2D eigenvalue weighted by atomic mass is 16.4. The Kier molecular flexibility index (Phi) is 3.02. The van der Waals surface area contributed by atoms with E-state index in [-0.39, 0.29) is 17.8 Å². The predicted octanol–water partition coefficient (Wildman–Crippen LogP) is 1.51. The summed E-state index contributed by atoms with van der Waals surface area (Å²) in [7, 11) is 0. The number of aromatic nitrogens is 3. The molecule has 3 rings (SSSR count). The number of aliphatic hydroxyl groups is 1. The highest BCUT2D eigenvalue weighted by Crippen LogP contribution is 2.38. The topological polar surface area (TPSA) is 88.2 Å². The molecule has 0 aliphatic heterocycles. The summed E-state index contributed by atoms with van der Waals surface area (Å²) in [6, 6.07) is 4.87. The largest absolute Gasteiger partial charge is 0.477 e. The Bertz CT molecular complexity index is 641. The van der Waals surface area contributed by atoms with Crippen molar-refractivity contribution in [1.29, 1.82) is 0 Å². The highest BCUT2D eigenvalue weighted by molar-refractivity contribution is 5.86. The van der Waals surface area contributed by atoms with E-state index in [0.29, 0.717) is 5.69 Å². The molecule has 6 heteroatoms. The summed E-state index contributed by atoms with van der Waals surface area (Å²) in [5, 5.41) is 22.8. The van der Waals surface area contributed by atoms with Crippen LogP contribution in [0.5, 0.6) is 0 Å². The van der Waals surface area contributed by atoms with Crippen molar-refractivity contribution in [3.63, 3.8) is 0 Å². The van der Waals surface area contributed by atoms with Gasteiger partial charge >= 0.3 is 5.97 Å². The van der Waals surface area contributed by atoms with Gasteiger partial charge in [0.05, 0.1) is 24.0 Å². The van der Waals surface area contributed by atoms with Gasteiger partial charge in [-0.3, -0.25) is 4.68 Å². The zero-order valence-corrected chi connectivity index (χ0v) is 10.9. The average Bonchev–Trinajstić information content (AvgIpc) is 2.88. The Balaban J connectivity index is 1.94. The highest BCUT2D eigenvalue weighted by Gasteiger charge is 2.39. The molecule has 0 aromatic carbocycles. The SMILES string of the molecule is O=C(O)c1cccc(-c2cnn(C3(CO)CCC3)c2)n1. The lowest BCUT2D eigenvalue weighted by Gasteiger charge is -2.40. The fourth-order valence-corrected chi connectivity index (χ4v) is 2.47. The lowest BCUT2D eigenvalue weighted by molar-refractivity contribution is 0.0438. The first kappa shape index (κ1) is 12.8. The molecule has 104 valence electrons. The molecule has 0 atom stereocenters. The molecule has 0 radical (unpaired) electrons. The molecule has 1 aliphatic carbocycles. The van der Waals surface area contributed by atoms with E-state index in [2.05, 4.69) is 10.1 Å². The van der Waals surface area contributed by atoms with E-state index in [9.17, 15) is 9.90 Å². The number of rotatable bonds is 4. The molecule has 6 nitrogen and oxygen atoms in total. The maximum absolute atomic E-state index is 10.9. The number of carboxylic acids is 1. The molecule has 1 aliphatic rings. The molecule has 0 bridgehead atoms. The van der Waals surface area contributed by atoms with E-state index < -0.39 is 5.97 Å². The van der Waals surface area contributed by atoms with Gasteiger partial charge in [0, 0.05) is 11.8 Å². The number of aliphatic hydroxyl groups excluding tert-OH is 1. The van der Waals surface area contributed by atoms with Crippen LogP contribution in [-0.2, 0) is 5.54 Å². The Hall–Kier alpha value is -2.21. The lowest BCUT2D eigenvalue weighted by atomic mass is 9.77. The van der Waals surface area contributed by atoms with Gasteiger partial charge in [-0.15, -0.1) is 0 Å². The minimum absolute atomic E-state index is 0.00997. The Labute approximate surface area is 115 Å². The van der Waals surface area contributed by atoms with Crippen LogP contribution in [0, 0.1) is 0 Å². The molecule has 1 fully saturated rings. The van der Waals surface area contributed by atoms with Crippen molar-refractivity contribution in [2.75, 3.05) is 6.61 Å². The van der Waals surface area contributed by atoms with Gasteiger partial charge in [-0.2, -0.15) is 5.10 Å². The van der Waals surface area contributed by atoms with Crippen molar-refractivity contribution in [3.05, 3.63) is 36.3 Å². The molecule has 2 aromatic heterocycles. The van der Waals surface area contributed by atoms with E-state index in [1.165, 1.54) is 6.07 Å². The van der Waals surface area contributed by atoms with E-state index >= 15 is 0 Å². The normalized spacial score (nSPS) is 16.6. The summed E-state index contributed by atoms with van der Waals surface area (Å²) >= 11 is 0. The van der Waals surface area contributed by atoms with E-state index in [4.69, 9.17) is 5.11 Å². The first-order valence-corrected chi connectivity index (χ1v) is 6.51. The van der Waals surface area contributed by atoms with Gasteiger partial charge in [-0.1, -0.05) is 6.07 Å². The molecular weight excluding hydrogens is 258 g/mol. The van der Waals surface area contributed by atoms with E-state index in [1.54, 1.807) is 23.0 Å². The van der Waals surface area contributed by atoms with Crippen molar-refractivity contribution in [3.8, 4) is 11.3 Å². The maximum atomic E-state index is 10.9. The molecule has 2 aromatic rings. The molecule has 0 amide bonds. The molecule has 2 N–H and O–H groups in total. The summed E-state index contributed by atoms with van der Waals surface area (Å²) < 4.78 is 1.78. The van der Waals surface area contributed by atoms with Crippen LogP contribution in [0.4, 0.5) is 0 Å². The van der Waals surface area contributed by atoms with Gasteiger partial charge in [-0.25, -0.2) is 9.78 Å². The summed E-state index contributed by atoms with van der Waals surface area (Å²) in [5.41, 5.74) is 1.05. The summed E-state index contributed by atoms with van der Waals surface area (Å²) in [6.07, 6.45) is 6.38. The summed E-state index contributed by atoms with van der Waals surface area (Å²) in [6.45, 7) is 0.0662. The van der Waals surface area contributed by atoms with E-state index in [1.807, 2.05) is 6.20 Å². The Morgan fingerprint density at radius 1 is 1.40 bits per heavy atom. The molecule has 0 unspecified atom stereocenters. The maximum Gasteiger partial charge on any atom is 0.354 e. The number of carbonyl (C=O) groups is 1. The third kappa shape index (κ3) is 1.98. The molecule has 2 heterocycles. The molecular formula is C14H15N3O3. The fraction of sp³-hybridized carbons (Fsp3) is 0.357. The Morgan fingerprint density at radius 2 is 2.20 bits per heavy atom. The second-order valence-corrected chi connectivity index (χ2v) is 5.12. The number of carboxylic acid groups (broad SMARTS) is 1. The van der Waals surface area contributed by atoms with Gasteiger partial charge in [0.25, 0.3) is 0 Å². The van der Waals surface area contributed by atoms with Crippen LogP contribution in [0.25, 0.3) is 11.3 Å². The number of aromatic carboxylic acids is 1. The monoisotopic (exact) mass is 273 g/mol. The molecule has 0 saturated heterocycles. The quantitative estimate of drug-likeness (QED) is 0.881. The number of nitrogens with zero attached hydrogens (tertiary/aromatic N) is 3. The first-order chi connectivity index (χ1) is 9.64. The molecule has 20 heavy (non-hydrogen) atoms. The zero-order valence-electron chi connectivity index (χ0n) is 10.9. The predicted molar refractivity (Wildman–Crippen MR) is 71.3 cm³/mol. The van der Waals surface area contributed by atoms with Crippen LogP contribution >= 0.6 is 0 Å². The number of hydrogen-bond donors (Lipinski definition) is 2. The van der Waals surface area contributed by atoms with Gasteiger partial charge in [-0.05, 0) is 31.4 Å². The van der Waals surface area contributed by atoms with Crippen LogP contribution in [0.15, 0.2) is 30.6 Å². The summed E-state index contributed by atoms with van der Waals surface area (Å²) in [5.74, 6) is -1.05. The fourth-order valence-electron chi connectivity index (χ4n) is 2.47. The van der Waals surface area contributed by atoms with Crippen LogP contribution in [0.2, 0.25) is 0 Å². The third-order valence-electron chi connectivity index (χ3n) is 3.91. The minimum Gasteiger partial charge on any atom is -0.477 e. The molecule has 1 saturated carbocycles. The van der Waals surface area contributed by atoms with Crippen LogP contribution in [0.3, 0.4) is 0 Å². The number of pyridine rings is 1. The van der Waals surface area contributed by atoms with Crippen LogP contribution < -0.4 is 0 Å². The van der Waals surface area contributed by atoms with Crippen molar-refractivity contribution in [1.82, 2.24) is 14.8 Å². The first-order valence-electron chi connectivity index (χ1n) is 6.51.